The van der Waals surface area contributed by atoms with Gasteiger partial charge in [-0.05, 0) is 36.4 Å². The second kappa shape index (κ2) is 8.57. The van der Waals surface area contributed by atoms with Crippen LogP contribution in [0, 0.1) is 0 Å². The topological polar surface area (TPSA) is 9.86 Å². The Morgan fingerprint density at radius 3 is 1.58 bits per heavy atom. The third-order valence-corrected chi connectivity index (χ3v) is 10.3. The molecule has 0 N–H and O–H groups in total. The van der Waals surface area contributed by atoms with Gasteiger partial charge in [-0.2, -0.15) is 0 Å². The number of thiophene rings is 1. The largest absolute Gasteiger partial charge is 0.309 e. The van der Waals surface area contributed by atoms with Crippen LogP contribution in [0.15, 0.2) is 146 Å². The molecule has 0 bridgehead atoms. The number of hydrogen-bond donors (Lipinski definition) is 0. The zero-order valence-corrected chi connectivity index (χ0v) is 24.0. The Labute approximate surface area is 251 Å². The van der Waals surface area contributed by atoms with Crippen LogP contribution in [0.25, 0.3) is 85.9 Å². The Balaban J connectivity index is 1.51. The average Bonchev–Trinajstić information content (AvgIpc) is 3.73. The number of fused-ring (bicyclic) bond motifs is 13. The lowest BCUT2D eigenvalue weighted by atomic mass is 9.99. The lowest BCUT2D eigenvalue weighted by Crippen LogP contribution is -1.96. The van der Waals surface area contributed by atoms with Crippen molar-refractivity contribution in [1.29, 1.82) is 0 Å². The second-order valence-electron chi connectivity index (χ2n) is 11.3. The Morgan fingerprint density at radius 2 is 0.884 bits per heavy atom. The van der Waals surface area contributed by atoms with E-state index >= 15 is 0 Å². The van der Waals surface area contributed by atoms with E-state index in [4.69, 9.17) is 0 Å². The molecule has 7 aromatic carbocycles. The third-order valence-electron chi connectivity index (χ3n) is 9.08. The molecule has 0 amide bonds. The molecule has 10 aromatic rings. The first kappa shape index (κ1) is 23.2. The van der Waals surface area contributed by atoms with Crippen molar-refractivity contribution in [3.63, 3.8) is 0 Å². The van der Waals surface area contributed by atoms with Crippen LogP contribution in [0.2, 0.25) is 0 Å². The van der Waals surface area contributed by atoms with Crippen LogP contribution in [0.5, 0.6) is 0 Å². The van der Waals surface area contributed by atoms with Gasteiger partial charge in [0.15, 0.2) is 0 Å². The molecule has 0 fully saturated rings. The fourth-order valence-electron chi connectivity index (χ4n) is 7.40. The van der Waals surface area contributed by atoms with Gasteiger partial charge in [-0.15, -0.1) is 11.3 Å². The van der Waals surface area contributed by atoms with E-state index in [1.54, 1.807) is 0 Å². The van der Waals surface area contributed by atoms with Crippen molar-refractivity contribution in [2.75, 3.05) is 0 Å². The summed E-state index contributed by atoms with van der Waals surface area (Å²) in [5.41, 5.74) is 7.41. The van der Waals surface area contributed by atoms with Crippen molar-refractivity contribution in [2.45, 2.75) is 0 Å². The van der Waals surface area contributed by atoms with Crippen molar-refractivity contribution in [3.8, 4) is 11.4 Å². The molecule has 2 nitrogen and oxygen atoms in total. The van der Waals surface area contributed by atoms with Gasteiger partial charge < -0.3 is 9.13 Å². The summed E-state index contributed by atoms with van der Waals surface area (Å²) >= 11 is 1.89. The van der Waals surface area contributed by atoms with E-state index in [9.17, 15) is 0 Å². The van der Waals surface area contributed by atoms with Crippen molar-refractivity contribution in [3.05, 3.63) is 146 Å². The Bertz CT molecular complexity index is 2720. The van der Waals surface area contributed by atoms with Crippen LogP contribution in [0.4, 0.5) is 0 Å². The number of aromatic nitrogens is 2. The zero-order valence-electron chi connectivity index (χ0n) is 23.2. The lowest BCUT2D eigenvalue weighted by Gasteiger charge is -2.14. The highest BCUT2D eigenvalue weighted by molar-refractivity contribution is 7.26. The molecule has 0 aliphatic rings. The summed E-state index contributed by atoms with van der Waals surface area (Å²) in [5, 5.41) is 10.3. The Kier molecular flexibility index (Phi) is 4.63. The Hall–Kier alpha value is -5.38. The highest BCUT2D eigenvalue weighted by Gasteiger charge is 2.24. The van der Waals surface area contributed by atoms with E-state index in [1.165, 1.54) is 85.9 Å². The molecule has 200 valence electrons. The maximum absolute atomic E-state index is 2.54. The van der Waals surface area contributed by atoms with Gasteiger partial charge in [-0.3, -0.25) is 0 Å². The third kappa shape index (κ3) is 3.02. The van der Waals surface area contributed by atoms with Gasteiger partial charge in [0.1, 0.15) is 0 Å². The van der Waals surface area contributed by atoms with E-state index in [2.05, 4.69) is 155 Å². The van der Waals surface area contributed by atoms with Crippen LogP contribution in [0.3, 0.4) is 0 Å². The molecule has 0 aliphatic carbocycles. The molecule has 0 unspecified atom stereocenters. The molecule has 0 radical (unpaired) electrons. The summed E-state index contributed by atoms with van der Waals surface area (Å²) in [6.45, 7) is 0. The van der Waals surface area contributed by atoms with Gasteiger partial charge in [0.2, 0.25) is 0 Å². The monoisotopic (exact) mass is 564 g/mol. The summed E-state index contributed by atoms with van der Waals surface area (Å²) in [4.78, 5) is 0. The van der Waals surface area contributed by atoms with Gasteiger partial charge in [0.05, 0.1) is 32.5 Å². The second-order valence-corrected chi connectivity index (χ2v) is 12.3. The quantitative estimate of drug-likeness (QED) is 0.198. The van der Waals surface area contributed by atoms with E-state index in [-0.39, 0.29) is 0 Å². The normalized spacial score (nSPS) is 12.2. The Morgan fingerprint density at radius 1 is 0.372 bits per heavy atom. The van der Waals surface area contributed by atoms with Crippen molar-refractivity contribution >= 4 is 85.9 Å². The highest BCUT2D eigenvalue weighted by atomic mass is 32.1. The van der Waals surface area contributed by atoms with Gasteiger partial charge >= 0.3 is 0 Å². The molecule has 3 heterocycles. The van der Waals surface area contributed by atoms with Crippen LogP contribution >= 0.6 is 11.3 Å². The van der Waals surface area contributed by atoms with Crippen molar-refractivity contribution < 1.29 is 0 Å². The SMILES string of the molecule is c1ccc(-n2c3ccccc3c3c4c5ccccc5n(-c5cccc6c5sc5ccccc56)c4c4ccccc4c32)cc1. The first-order valence-electron chi connectivity index (χ1n) is 14.7. The van der Waals surface area contributed by atoms with Crippen LogP contribution in [-0.4, -0.2) is 9.13 Å². The van der Waals surface area contributed by atoms with E-state index in [1.807, 2.05) is 11.3 Å². The maximum Gasteiger partial charge on any atom is 0.0641 e. The summed E-state index contributed by atoms with van der Waals surface area (Å²) in [6, 6.07) is 53.2. The van der Waals surface area contributed by atoms with E-state index in [0.717, 1.165) is 0 Å². The minimum absolute atomic E-state index is 1.18. The van der Waals surface area contributed by atoms with E-state index < -0.39 is 0 Å². The number of rotatable bonds is 2. The molecule has 0 saturated heterocycles. The van der Waals surface area contributed by atoms with Gasteiger partial charge in [0.25, 0.3) is 0 Å². The molecule has 0 spiro atoms. The average molecular weight is 565 g/mol. The number of hydrogen-bond acceptors (Lipinski definition) is 1. The molecule has 3 heteroatoms. The van der Waals surface area contributed by atoms with Gasteiger partial charge in [-0.1, -0.05) is 109 Å². The predicted octanol–water partition coefficient (Wildman–Crippen LogP) is 11.4. The minimum atomic E-state index is 1.18. The summed E-state index contributed by atoms with van der Waals surface area (Å²) < 4.78 is 7.65. The molecule has 0 saturated carbocycles. The first-order chi connectivity index (χ1) is 21.4. The lowest BCUT2D eigenvalue weighted by molar-refractivity contribution is 1.19. The van der Waals surface area contributed by atoms with E-state index in [0.29, 0.717) is 0 Å². The smallest absolute Gasteiger partial charge is 0.0641 e. The van der Waals surface area contributed by atoms with Crippen molar-refractivity contribution in [2.24, 2.45) is 0 Å². The van der Waals surface area contributed by atoms with Crippen LogP contribution in [-0.2, 0) is 0 Å². The van der Waals surface area contributed by atoms with Crippen molar-refractivity contribution in [1.82, 2.24) is 9.13 Å². The fourth-order valence-corrected chi connectivity index (χ4v) is 8.60. The number of nitrogens with zero attached hydrogens (tertiary/aromatic N) is 2. The summed E-state index contributed by atoms with van der Waals surface area (Å²) in [6.07, 6.45) is 0. The maximum atomic E-state index is 2.54. The first-order valence-corrected chi connectivity index (χ1v) is 15.5. The number of para-hydroxylation sites is 3. The minimum Gasteiger partial charge on any atom is -0.309 e. The molecular formula is C40H24N2S. The standard InChI is InChI=1S/C40H24N2S/c1-2-13-25(14-3-1)41-32-21-9-6-18-30(32)36-37-31-19-7-10-22-33(31)42(39(37)28-17-5-4-16-27(28)38(36)41)34-23-12-20-29-26-15-8-11-24-35(26)43-40(29)34/h1-24H. The summed E-state index contributed by atoms with van der Waals surface area (Å²) in [5.74, 6) is 0. The highest BCUT2D eigenvalue weighted by Crippen LogP contribution is 2.48. The fraction of sp³-hybridized carbons (Fsp3) is 0. The van der Waals surface area contributed by atoms with Gasteiger partial charge in [-0.25, -0.2) is 0 Å². The zero-order chi connectivity index (χ0) is 28.1. The molecule has 43 heavy (non-hydrogen) atoms. The summed E-state index contributed by atoms with van der Waals surface area (Å²) in [7, 11) is 0. The molecule has 3 aromatic heterocycles. The van der Waals surface area contributed by atoms with Gasteiger partial charge in [0, 0.05) is 53.5 Å². The molecule has 10 rings (SSSR count). The predicted molar refractivity (Wildman–Crippen MR) is 186 cm³/mol. The molecule has 0 atom stereocenters. The number of benzene rings is 7. The molecule has 0 aliphatic heterocycles. The van der Waals surface area contributed by atoms with Crippen LogP contribution < -0.4 is 0 Å². The van der Waals surface area contributed by atoms with Crippen LogP contribution in [0.1, 0.15) is 0 Å². The molecular weight excluding hydrogens is 541 g/mol.